The molecule has 4 amide bonds. The number of carbonyl (C=O) groups is 3. The lowest BCUT2D eigenvalue weighted by Crippen LogP contribution is -2.42. The summed E-state index contributed by atoms with van der Waals surface area (Å²) in [5, 5.41) is 16.1. The first kappa shape index (κ1) is 23.5. The number of imide groups is 1. The van der Waals surface area contributed by atoms with Crippen molar-refractivity contribution in [3.63, 3.8) is 0 Å². The Balaban J connectivity index is 1.72. The van der Waals surface area contributed by atoms with Crippen molar-refractivity contribution in [2.75, 3.05) is 25.1 Å². The average molecular weight is 456 g/mol. The van der Waals surface area contributed by atoms with Gasteiger partial charge in [0.25, 0.3) is 11.6 Å². The third kappa shape index (κ3) is 4.86. The Bertz CT molecular complexity index is 1090. The average Bonchev–Trinajstić information content (AvgIpc) is 2.99. The number of hydrogen-bond acceptors (Lipinski definition) is 7. The van der Waals surface area contributed by atoms with E-state index in [0.717, 1.165) is 4.90 Å². The number of amides is 4. The molecule has 3 rings (SSSR count). The molecule has 0 aromatic heterocycles. The van der Waals surface area contributed by atoms with E-state index in [1.54, 1.807) is 18.2 Å². The molecule has 0 aliphatic carbocycles. The van der Waals surface area contributed by atoms with Crippen molar-refractivity contribution in [2.24, 2.45) is 0 Å². The summed E-state index contributed by atoms with van der Waals surface area (Å²) in [4.78, 5) is 49.1. The third-order valence-corrected chi connectivity index (χ3v) is 5.06. The molecule has 2 N–H and O–H groups in total. The molecule has 1 aliphatic rings. The van der Waals surface area contributed by atoms with Crippen LogP contribution in [0, 0.1) is 10.1 Å². The van der Waals surface area contributed by atoms with Crippen LogP contribution in [0.4, 0.5) is 16.2 Å². The van der Waals surface area contributed by atoms with Gasteiger partial charge in [-0.2, -0.15) is 0 Å². The number of rotatable bonds is 9. The van der Waals surface area contributed by atoms with Gasteiger partial charge in [-0.15, -0.1) is 0 Å². The van der Waals surface area contributed by atoms with Crippen LogP contribution in [-0.4, -0.2) is 47.4 Å². The summed E-state index contributed by atoms with van der Waals surface area (Å²) < 4.78 is 11.0. The molecule has 2 aromatic rings. The van der Waals surface area contributed by atoms with E-state index in [4.69, 9.17) is 9.47 Å². The van der Waals surface area contributed by atoms with Crippen molar-refractivity contribution >= 4 is 29.2 Å². The molecule has 1 aliphatic heterocycles. The van der Waals surface area contributed by atoms with E-state index in [0.29, 0.717) is 36.0 Å². The van der Waals surface area contributed by atoms with Gasteiger partial charge in [0.15, 0.2) is 11.5 Å². The van der Waals surface area contributed by atoms with Gasteiger partial charge in [0.05, 0.1) is 18.1 Å². The number of nitrogens with zero attached hydrogens (tertiary/aromatic N) is 2. The second-order valence-corrected chi connectivity index (χ2v) is 7.33. The summed E-state index contributed by atoms with van der Waals surface area (Å²) in [7, 11) is 0. The Morgan fingerprint density at radius 2 is 1.73 bits per heavy atom. The first-order valence-electron chi connectivity index (χ1n) is 10.3. The zero-order chi connectivity index (χ0) is 24.2. The minimum atomic E-state index is -1.45. The molecule has 1 heterocycles. The summed E-state index contributed by atoms with van der Waals surface area (Å²) in [6.07, 6.45) is 0. The van der Waals surface area contributed by atoms with Gasteiger partial charge in [0.2, 0.25) is 5.91 Å². The summed E-state index contributed by atoms with van der Waals surface area (Å²) in [6, 6.07) is 9.43. The highest BCUT2D eigenvalue weighted by atomic mass is 16.6. The molecule has 1 unspecified atom stereocenters. The second kappa shape index (κ2) is 9.55. The molecule has 1 saturated heterocycles. The van der Waals surface area contributed by atoms with E-state index in [-0.39, 0.29) is 5.69 Å². The van der Waals surface area contributed by atoms with Crippen molar-refractivity contribution < 1.29 is 28.8 Å². The minimum absolute atomic E-state index is 0.142. The molecule has 0 spiro atoms. The van der Waals surface area contributed by atoms with Gasteiger partial charge >= 0.3 is 6.03 Å². The topological polar surface area (TPSA) is 140 Å². The normalized spacial score (nSPS) is 17.5. The van der Waals surface area contributed by atoms with Crippen LogP contribution >= 0.6 is 0 Å². The second-order valence-electron chi connectivity index (χ2n) is 7.33. The van der Waals surface area contributed by atoms with Crippen molar-refractivity contribution in [1.82, 2.24) is 10.2 Å². The van der Waals surface area contributed by atoms with Crippen molar-refractivity contribution in [2.45, 2.75) is 26.3 Å². The molecule has 33 heavy (non-hydrogen) atoms. The standard InChI is InChI=1S/C22H24N4O7/c1-4-32-17-11-8-15(12-18(17)33-5-2)23-19(27)13-25-20(28)22(3,24-21(25)29)14-6-9-16(10-7-14)26(30)31/h6-12H,4-5,13H2,1-3H3,(H,23,27)(H,24,29). The lowest BCUT2D eigenvalue weighted by Gasteiger charge is -2.22. The first-order chi connectivity index (χ1) is 15.7. The van der Waals surface area contributed by atoms with Gasteiger partial charge in [-0.05, 0) is 50.6 Å². The van der Waals surface area contributed by atoms with Crippen LogP contribution in [0.25, 0.3) is 0 Å². The van der Waals surface area contributed by atoms with Crippen LogP contribution in [-0.2, 0) is 15.1 Å². The molecule has 0 radical (unpaired) electrons. The highest BCUT2D eigenvalue weighted by Crippen LogP contribution is 2.32. The number of non-ortho nitro benzene ring substituents is 1. The zero-order valence-corrected chi connectivity index (χ0v) is 18.4. The number of carbonyl (C=O) groups excluding carboxylic acids is 3. The highest BCUT2D eigenvalue weighted by molar-refractivity contribution is 6.10. The Morgan fingerprint density at radius 1 is 1.09 bits per heavy atom. The van der Waals surface area contributed by atoms with Crippen LogP contribution < -0.4 is 20.1 Å². The summed E-state index contributed by atoms with van der Waals surface area (Å²) >= 11 is 0. The lowest BCUT2D eigenvalue weighted by atomic mass is 9.92. The smallest absolute Gasteiger partial charge is 0.325 e. The van der Waals surface area contributed by atoms with Crippen molar-refractivity contribution in [1.29, 1.82) is 0 Å². The number of nitrogens with one attached hydrogen (secondary N) is 2. The molecular weight excluding hydrogens is 432 g/mol. The largest absolute Gasteiger partial charge is 0.490 e. The molecule has 0 bridgehead atoms. The van der Waals surface area contributed by atoms with Gasteiger partial charge in [-0.3, -0.25) is 24.6 Å². The predicted molar refractivity (Wildman–Crippen MR) is 118 cm³/mol. The Morgan fingerprint density at radius 3 is 2.33 bits per heavy atom. The molecular formula is C22H24N4O7. The zero-order valence-electron chi connectivity index (χ0n) is 18.4. The Hall–Kier alpha value is -4.15. The summed E-state index contributed by atoms with van der Waals surface area (Å²) in [6.45, 7) is 5.48. The first-order valence-corrected chi connectivity index (χ1v) is 10.3. The van der Waals surface area contributed by atoms with E-state index in [1.807, 2.05) is 13.8 Å². The van der Waals surface area contributed by atoms with Crippen molar-refractivity contribution in [3.8, 4) is 11.5 Å². The number of benzene rings is 2. The molecule has 11 heteroatoms. The maximum atomic E-state index is 13.0. The van der Waals surface area contributed by atoms with Gasteiger partial charge in [0, 0.05) is 23.9 Å². The molecule has 174 valence electrons. The highest BCUT2D eigenvalue weighted by Gasteiger charge is 2.49. The number of urea groups is 1. The maximum Gasteiger partial charge on any atom is 0.325 e. The van der Waals surface area contributed by atoms with Crippen LogP contribution in [0.2, 0.25) is 0 Å². The van der Waals surface area contributed by atoms with E-state index in [9.17, 15) is 24.5 Å². The molecule has 1 atom stereocenters. The monoisotopic (exact) mass is 456 g/mol. The minimum Gasteiger partial charge on any atom is -0.490 e. The van der Waals surface area contributed by atoms with Gasteiger partial charge < -0.3 is 20.1 Å². The fraction of sp³-hybridized carbons (Fsp3) is 0.318. The quantitative estimate of drug-likeness (QED) is 0.336. The Kier molecular flexibility index (Phi) is 6.80. The number of ether oxygens (including phenoxy) is 2. The number of hydrogen-bond donors (Lipinski definition) is 2. The van der Waals surface area contributed by atoms with E-state index in [2.05, 4.69) is 10.6 Å². The van der Waals surface area contributed by atoms with E-state index < -0.39 is 34.9 Å². The van der Waals surface area contributed by atoms with E-state index in [1.165, 1.54) is 31.2 Å². The molecule has 2 aromatic carbocycles. The summed E-state index contributed by atoms with van der Waals surface area (Å²) in [5.74, 6) is -0.237. The fourth-order valence-electron chi connectivity index (χ4n) is 3.43. The van der Waals surface area contributed by atoms with Crippen LogP contribution in [0.15, 0.2) is 42.5 Å². The fourth-order valence-corrected chi connectivity index (χ4v) is 3.43. The van der Waals surface area contributed by atoms with Crippen LogP contribution in [0.3, 0.4) is 0 Å². The molecule has 1 fully saturated rings. The van der Waals surface area contributed by atoms with Gasteiger partial charge in [-0.1, -0.05) is 0 Å². The molecule has 0 saturated carbocycles. The van der Waals surface area contributed by atoms with E-state index >= 15 is 0 Å². The summed E-state index contributed by atoms with van der Waals surface area (Å²) in [5.41, 5.74) is -0.815. The Labute approximate surface area is 189 Å². The number of nitro groups is 1. The van der Waals surface area contributed by atoms with Crippen LogP contribution in [0.5, 0.6) is 11.5 Å². The maximum absolute atomic E-state index is 13.0. The predicted octanol–water partition coefficient (Wildman–Crippen LogP) is 2.80. The SMILES string of the molecule is CCOc1ccc(NC(=O)CN2C(=O)NC(C)(c3ccc([N+](=O)[O-])cc3)C2=O)cc1OCC. The van der Waals surface area contributed by atoms with Crippen LogP contribution in [0.1, 0.15) is 26.3 Å². The van der Waals surface area contributed by atoms with Gasteiger partial charge in [-0.25, -0.2) is 4.79 Å². The lowest BCUT2D eigenvalue weighted by molar-refractivity contribution is -0.384. The van der Waals surface area contributed by atoms with Gasteiger partial charge in [0.1, 0.15) is 12.1 Å². The molecule has 11 nitrogen and oxygen atoms in total. The van der Waals surface area contributed by atoms with Crippen molar-refractivity contribution in [3.05, 3.63) is 58.1 Å². The third-order valence-electron chi connectivity index (χ3n) is 5.06. The number of anilines is 1. The number of nitro benzene ring substituents is 1.